The number of benzene rings is 1. The van der Waals surface area contributed by atoms with E-state index in [0.717, 1.165) is 37.6 Å². The Bertz CT molecular complexity index is 424. The lowest BCUT2D eigenvalue weighted by Gasteiger charge is -2.24. The molecule has 0 N–H and O–H groups in total. The summed E-state index contributed by atoms with van der Waals surface area (Å²) < 4.78 is 13.6. The van der Waals surface area contributed by atoms with Gasteiger partial charge in [-0.25, -0.2) is 4.39 Å². The zero-order valence-electron chi connectivity index (χ0n) is 10.2. The molecule has 2 nitrogen and oxygen atoms in total. The van der Waals surface area contributed by atoms with Gasteiger partial charge in [-0.3, -0.25) is 4.79 Å². The van der Waals surface area contributed by atoms with Gasteiger partial charge >= 0.3 is 0 Å². The molecule has 98 valence electrons. The summed E-state index contributed by atoms with van der Waals surface area (Å²) in [5.41, 5.74) is 0.197. The fourth-order valence-corrected chi connectivity index (χ4v) is 2.83. The van der Waals surface area contributed by atoms with E-state index in [9.17, 15) is 9.18 Å². The van der Waals surface area contributed by atoms with E-state index in [1.165, 1.54) is 6.07 Å². The minimum absolute atomic E-state index is 0.162. The molecular weight excluding hydrogens is 297 g/mol. The number of likely N-dealkylation sites (tertiary alicyclic amines) is 1. The van der Waals surface area contributed by atoms with Crippen LogP contribution in [0.2, 0.25) is 0 Å². The van der Waals surface area contributed by atoms with Gasteiger partial charge in [-0.05, 0) is 37.8 Å². The second-order valence-electron chi connectivity index (χ2n) is 4.61. The number of nitrogens with zero attached hydrogens (tertiary/aromatic N) is 1. The number of hydrogen-bond donors (Lipinski definition) is 0. The van der Waals surface area contributed by atoms with Crippen molar-refractivity contribution in [2.24, 2.45) is 0 Å². The van der Waals surface area contributed by atoms with E-state index in [1.807, 2.05) is 4.90 Å². The smallest absolute Gasteiger partial charge is 0.257 e. The molecule has 1 fully saturated rings. The van der Waals surface area contributed by atoms with Crippen molar-refractivity contribution in [1.29, 1.82) is 0 Å². The fourth-order valence-electron chi connectivity index (χ4n) is 2.51. The Morgan fingerprint density at radius 2 is 2.22 bits per heavy atom. The summed E-state index contributed by atoms with van der Waals surface area (Å²) in [5.74, 6) is -0.584. The molecule has 1 heterocycles. The van der Waals surface area contributed by atoms with Crippen LogP contribution in [0, 0.1) is 5.82 Å². The zero-order chi connectivity index (χ0) is 13.0. The van der Waals surface area contributed by atoms with Gasteiger partial charge in [0.25, 0.3) is 5.91 Å². The third kappa shape index (κ3) is 2.91. The minimum atomic E-state index is -0.423. The van der Waals surface area contributed by atoms with E-state index in [2.05, 4.69) is 15.9 Å². The van der Waals surface area contributed by atoms with Crippen LogP contribution >= 0.6 is 15.9 Å². The van der Waals surface area contributed by atoms with Crippen LogP contribution in [0.1, 0.15) is 36.0 Å². The highest BCUT2D eigenvalue weighted by atomic mass is 79.9. The molecule has 1 saturated heterocycles. The molecule has 0 aromatic heterocycles. The average Bonchev–Trinajstić information content (AvgIpc) is 2.84. The van der Waals surface area contributed by atoms with Crippen molar-refractivity contribution in [3.8, 4) is 0 Å². The van der Waals surface area contributed by atoms with Gasteiger partial charge in [-0.15, -0.1) is 0 Å². The summed E-state index contributed by atoms with van der Waals surface area (Å²) in [6, 6.07) is 6.50. The van der Waals surface area contributed by atoms with Crippen LogP contribution in [-0.2, 0) is 0 Å². The quantitative estimate of drug-likeness (QED) is 0.778. The van der Waals surface area contributed by atoms with Crippen molar-refractivity contribution in [3.05, 3.63) is 35.6 Å². The second kappa shape index (κ2) is 6.32. The van der Waals surface area contributed by atoms with Crippen LogP contribution in [0.3, 0.4) is 0 Å². The maximum absolute atomic E-state index is 13.6. The topological polar surface area (TPSA) is 20.3 Å². The number of halogens is 2. The normalized spacial score (nSPS) is 19.2. The van der Waals surface area contributed by atoms with Crippen LogP contribution in [0.5, 0.6) is 0 Å². The summed E-state index contributed by atoms with van der Waals surface area (Å²) in [6.07, 6.45) is 4.09. The van der Waals surface area contributed by atoms with Gasteiger partial charge in [-0.2, -0.15) is 0 Å². The Kier molecular flexibility index (Phi) is 4.75. The van der Waals surface area contributed by atoms with E-state index in [-0.39, 0.29) is 17.5 Å². The Hall–Kier alpha value is -0.900. The number of amides is 1. The lowest BCUT2D eigenvalue weighted by Crippen LogP contribution is -2.36. The first-order valence-corrected chi connectivity index (χ1v) is 7.47. The molecule has 4 heteroatoms. The summed E-state index contributed by atoms with van der Waals surface area (Å²) in [5, 5.41) is 0.950. The van der Waals surface area contributed by atoms with Crippen molar-refractivity contribution < 1.29 is 9.18 Å². The van der Waals surface area contributed by atoms with Gasteiger partial charge in [0.1, 0.15) is 5.82 Å². The van der Waals surface area contributed by atoms with Crippen molar-refractivity contribution in [1.82, 2.24) is 4.90 Å². The van der Waals surface area contributed by atoms with Gasteiger partial charge in [-0.1, -0.05) is 28.1 Å². The van der Waals surface area contributed by atoms with Crippen molar-refractivity contribution >= 4 is 21.8 Å². The molecule has 1 amide bonds. The lowest BCUT2D eigenvalue weighted by molar-refractivity contribution is 0.0725. The van der Waals surface area contributed by atoms with Gasteiger partial charge in [0.15, 0.2) is 0 Å². The van der Waals surface area contributed by atoms with Crippen molar-refractivity contribution in [3.63, 3.8) is 0 Å². The molecule has 1 aliphatic rings. The Balaban J connectivity index is 2.10. The van der Waals surface area contributed by atoms with Crippen molar-refractivity contribution in [2.45, 2.75) is 31.7 Å². The molecule has 0 saturated carbocycles. The van der Waals surface area contributed by atoms with E-state index < -0.39 is 5.82 Å². The van der Waals surface area contributed by atoms with Crippen LogP contribution in [0.15, 0.2) is 24.3 Å². The summed E-state index contributed by atoms with van der Waals surface area (Å²) in [4.78, 5) is 14.1. The number of alkyl halides is 1. The first-order chi connectivity index (χ1) is 8.74. The lowest BCUT2D eigenvalue weighted by atomic mass is 10.1. The van der Waals surface area contributed by atoms with Crippen LogP contribution < -0.4 is 0 Å². The third-order valence-corrected chi connectivity index (χ3v) is 3.97. The van der Waals surface area contributed by atoms with Crippen LogP contribution in [-0.4, -0.2) is 28.7 Å². The predicted octanol–water partition coefficient (Wildman–Crippen LogP) is 3.61. The predicted molar refractivity (Wildman–Crippen MR) is 73.5 cm³/mol. The zero-order valence-corrected chi connectivity index (χ0v) is 11.8. The summed E-state index contributed by atoms with van der Waals surface area (Å²) in [7, 11) is 0. The highest BCUT2D eigenvalue weighted by molar-refractivity contribution is 9.09. The van der Waals surface area contributed by atoms with E-state index in [1.54, 1.807) is 18.2 Å². The second-order valence-corrected chi connectivity index (χ2v) is 5.40. The maximum atomic E-state index is 13.6. The number of hydrogen-bond acceptors (Lipinski definition) is 1. The van der Waals surface area contributed by atoms with E-state index in [4.69, 9.17) is 0 Å². The SMILES string of the molecule is O=C(c1ccccc1F)N1CCCC1CCCBr. The highest BCUT2D eigenvalue weighted by Gasteiger charge is 2.29. The number of carbonyl (C=O) groups excluding carboxylic acids is 1. The first kappa shape index (κ1) is 13.5. The molecule has 2 rings (SSSR count). The van der Waals surface area contributed by atoms with Crippen LogP contribution in [0.4, 0.5) is 4.39 Å². The fraction of sp³-hybridized carbons (Fsp3) is 0.500. The standard InChI is InChI=1S/C14H17BrFNO/c15-9-3-5-11-6-4-10-17(11)14(18)12-7-1-2-8-13(12)16/h1-2,7-8,11H,3-6,9-10H2. The number of carbonyl (C=O) groups is 1. The third-order valence-electron chi connectivity index (χ3n) is 3.41. The largest absolute Gasteiger partial charge is 0.336 e. The van der Waals surface area contributed by atoms with Gasteiger partial charge < -0.3 is 4.90 Å². The van der Waals surface area contributed by atoms with Crippen LogP contribution in [0.25, 0.3) is 0 Å². The Morgan fingerprint density at radius 1 is 1.44 bits per heavy atom. The molecule has 1 unspecified atom stereocenters. The molecule has 1 aromatic carbocycles. The van der Waals surface area contributed by atoms with E-state index in [0.29, 0.717) is 0 Å². The molecule has 1 aromatic rings. The Morgan fingerprint density at radius 3 is 2.94 bits per heavy atom. The van der Waals surface area contributed by atoms with E-state index >= 15 is 0 Å². The Labute approximate surface area is 115 Å². The molecule has 0 spiro atoms. The minimum Gasteiger partial charge on any atom is -0.336 e. The molecule has 0 bridgehead atoms. The molecule has 1 atom stereocenters. The molecular formula is C14H17BrFNO. The monoisotopic (exact) mass is 313 g/mol. The first-order valence-electron chi connectivity index (χ1n) is 6.35. The number of rotatable bonds is 4. The highest BCUT2D eigenvalue weighted by Crippen LogP contribution is 2.24. The maximum Gasteiger partial charge on any atom is 0.257 e. The molecule has 1 aliphatic heterocycles. The van der Waals surface area contributed by atoms with Gasteiger partial charge in [0.2, 0.25) is 0 Å². The summed E-state index contributed by atoms with van der Waals surface area (Å²) >= 11 is 3.41. The average molecular weight is 314 g/mol. The molecule has 0 radical (unpaired) electrons. The van der Waals surface area contributed by atoms with Gasteiger partial charge in [0.05, 0.1) is 5.56 Å². The van der Waals surface area contributed by atoms with Gasteiger partial charge in [0, 0.05) is 17.9 Å². The van der Waals surface area contributed by atoms with Crippen molar-refractivity contribution in [2.75, 3.05) is 11.9 Å². The summed E-state index contributed by atoms with van der Waals surface area (Å²) in [6.45, 7) is 0.750. The molecule has 18 heavy (non-hydrogen) atoms. The molecule has 0 aliphatic carbocycles.